The Labute approximate surface area is 129 Å². The van der Waals surface area contributed by atoms with Crippen molar-refractivity contribution in [3.63, 3.8) is 0 Å². The van der Waals surface area contributed by atoms with Crippen molar-refractivity contribution in [1.29, 1.82) is 0 Å². The number of rotatable bonds is 6. The van der Waals surface area contributed by atoms with Crippen LogP contribution in [0.2, 0.25) is 0 Å². The van der Waals surface area contributed by atoms with E-state index < -0.39 is 0 Å². The van der Waals surface area contributed by atoms with Crippen molar-refractivity contribution in [3.8, 4) is 17.2 Å². The second-order valence-corrected chi connectivity index (χ2v) is 4.71. The molecule has 2 N–H and O–H groups in total. The van der Waals surface area contributed by atoms with E-state index in [4.69, 9.17) is 19.9 Å². The predicted octanol–water partition coefficient (Wildman–Crippen LogP) is 2.72. The Kier molecular flexibility index (Phi) is 4.88. The molecule has 0 heterocycles. The molecule has 0 saturated heterocycles. The van der Waals surface area contributed by atoms with Crippen LogP contribution >= 0.6 is 0 Å². The Balaban J connectivity index is 2.36. The maximum Gasteiger partial charge on any atom is 0.173 e. The van der Waals surface area contributed by atoms with Gasteiger partial charge < -0.3 is 19.9 Å². The van der Waals surface area contributed by atoms with Gasteiger partial charge in [-0.25, -0.2) is 0 Å². The van der Waals surface area contributed by atoms with Gasteiger partial charge in [-0.3, -0.25) is 4.79 Å². The van der Waals surface area contributed by atoms with Crippen LogP contribution < -0.4 is 19.9 Å². The monoisotopic (exact) mass is 301 g/mol. The number of carbonyl (C=O) groups is 1. The molecular weight excluding hydrogens is 282 g/mol. The van der Waals surface area contributed by atoms with Crippen LogP contribution in [-0.4, -0.2) is 27.1 Å². The van der Waals surface area contributed by atoms with Gasteiger partial charge in [-0.2, -0.15) is 0 Å². The van der Waals surface area contributed by atoms with Gasteiger partial charge in [-0.15, -0.1) is 0 Å². The first kappa shape index (κ1) is 15.7. The van der Waals surface area contributed by atoms with Gasteiger partial charge in [0.25, 0.3) is 0 Å². The summed E-state index contributed by atoms with van der Waals surface area (Å²) in [5, 5.41) is 0. The zero-order chi connectivity index (χ0) is 16.1. The van der Waals surface area contributed by atoms with Crippen molar-refractivity contribution in [2.75, 3.05) is 27.1 Å². The molecule has 0 atom stereocenters. The Bertz CT molecular complexity index is 682. The lowest BCUT2D eigenvalue weighted by molar-refractivity contribution is 0.0990. The highest BCUT2D eigenvalue weighted by molar-refractivity contribution is 6.05. The summed E-state index contributed by atoms with van der Waals surface area (Å²) in [6.07, 6.45) is 0.199. The Morgan fingerprint density at radius 3 is 2.32 bits per heavy atom. The highest BCUT2D eigenvalue weighted by Gasteiger charge is 2.19. The zero-order valence-corrected chi connectivity index (χ0v) is 12.9. The summed E-state index contributed by atoms with van der Waals surface area (Å²) >= 11 is 0. The fourth-order valence-electron chi connectivity index (χ4n) is 2.27. The van der Waals surface area contributed by atoms with E-state index in [1.807, 2.05) is 24.3 Å². The molecule has 0 radical (unpaired) electrons. The SMILES string of the molecule is COc1cccc(CC(=O)c2c(OC)ccc(OC)c2N)c1. The van der Waals surface area contributed by atoms with Crippen LogP contribution in [0.3, 0.4) is 0 Å². The molecule has 5 heteroatoms. The zero-order valence-electron chi connectivity index (χ0n) is 12.9. The molecular formula is C17H19NO4. The van der Waals surface area contributed by atoms with Gasteiger partial charge in [0.15, 0.2) is 5.78 Å². The molecule has 116 valence electrons. The minimum absolute atomic E-state index is 0.137. The molecule has 0 saturated carbocycles. The van der Waals surface area contributed by atoms with Crippen molar-refractivity contribution >= 4 is 11.5 Å². The number of ether oxygens (including phenoxy) is 3. The molecule has 0 unspecified atom stereocenters. The fraction of sp³-hybridized carbons (Fsp3) is 0.235. The van der Waals surface area contributed by atoms with Crippen LogP contribution in [0.25, 0.3) is 0 Å². The summed E-state index contributed by atoms with van der Waals surface area (Å²) in [6, 6.07) is 10.7. The first-order valence-corrected chi connectivity index (χ1v) is 6.77. The quantitative estimate of drug-likeness (QED) is 0.656. The highest BCUT2D eigenvalue weighted by atomic mass is 16.5. The fourth-order valence-corrected chi connectivity index (χ4v) is 2.27. The van der Waals surface area contributed by atoms with E-state index in [-0.39, 0.29) is 17.9 Å². The van der Waals surface area contributed by atoms with E-state index in [1.54, 1.807) is 19.2 Å². The first-order valence-electron chi connectivity index (χ1n) is 6.77. The normalized spacial score (nSPS) is 10.1. The van der Waals surface area contributed by atoms with E-state index in [0.717, 1.165) is 5.56 Å². The molecule has 0 bridgehead atoms. The summed E-state index contributed by atoms with van der Waals surface area (Å²) in [7, 11) is 4.60. The Morgan fingerprint density at radius 1 is 1.00 bits per heavy atom. The number of nitrogens with two attached hydrogens (primary N) is 1. The van der Waals surface area contributed by atoms with E-state index in [1.165, 1.54) is 14.2 Å². The summed E-state index contributed by atoms with van der Waals surface area (Å²) < 4.78 is 15.6. The minimum atomic E-state index is -0.137. The van der Waals surface area contributed by atoms with Gasteiger partial charge in [-0.05, 0) is 29.8 Å². The number of methoxy groups -OCH3 is 3. The molecule has 5 nitrogen and oxygen atoms in total. The third-order valence-corrected chi connectivity index (χ3v) is 3.38. The maximum atomic E-state index is 12.6. The predicted molar refractivity (Wildman–Crippen MR) is 85.0 cm³/mol. The maximum absolute atomic E-state index is 12.6. The minimum Gasteiger partial charge on any atom is -0.497 e. The first-order chi connectivity index (χ1) is 10.6. The van der Waals surface area contributed by atoms with Crippen LogP contribution in [0.4, 0.5) is 5.69 Å². The third kappa shape index (κ3) is 3.14. The number of ketones is 1. The lowest BCUT2D eigenvalue weighted by atomic mass is 10.00. The second kappa shape index (κ2) is 6.85. The number of carbonyl (C=O) groups excluding carboxylic acids is 1. The molecule has 0 amide bonds. The van der Waals surface area contributed by atoms with Crippen LogP contribution in [0.1, 0.15) is 15.9 Å². The van der Waals surface area contributed by atoms with E-state index in [9.17, 15) is 4.79 Å². The van der Waals surface area contributed by atoms with Gasteiger partial charge in [0.05, 0.1) is 32.6 Å². The summed E-state index contributed by atoms with van der Waals surface area (Å²) in [6.45, 7) is 0. The topological polar surface area (TPSA) is 70.8 Å². The molecule has 0 aliphatic carbocycles. The van der Waals surface area contributed by atoms with Gasteiger partial charge >= 0.3 is 0 Å². The standard InChI is InChI=1S/C17H19NO4/c1-20-12-6-4-5-11(9-12)10-13(19)16-14(21-2)7-8-15(22-3)17(16)18/h4-9H,10,18H2,1-3H3. The Morgan fingerprint density at radius 2 is 1.68 bits per heavy atom. The van der Waals surface area contributed by atoms with Gasteiger partial charge in [-0.1, -0.05) is 12.1 Å². The van der Waals surface area contributed by atoms with Crippen molar-refractivity contribution in [3.05, 3.63) is 47.5 Å². The number of hydrogen-bond donors (Lipinski definition) is 1. The van der Waals surface area contributed by atoms with Crippen molar-refractivity contribution in [2.24, 2.45) is 0 Å². The summed E-state index contributed by atoms with van der Waals surface area (Å²) in [5.41, 5.74) is 7.50. The number of Topliss-reactive ketones (excluding diaryl/α,β-unsaturated/α-hetero) is 1. The summed E-state index contributed by atoms with van der Waals surface area (Å²) in [4.78, 5) is 12.6. The average Bonchev–Trinajstić information content (AvgIpc) is 2.54. The Hall–Kier alpha value is -2.69. The molecule has 0 aliphatic heterocycles. The molecule has 0 fully saturated rings. The van der Waals surface area contributed by atoms with Crippen LogP contribution in [0, 0.1) is 0 Å². The van der Waals surface area contributed by atoms with E-state index in [2.05, 4.69) is 0 Å². The highest BCUT2D eigenvalue weighted by Crippen LogP contribution is 2.33. The van der Waals surface area contributed by atoms with E-state index in [0.29, 0.717) is 22.8 Å². The van der Waals surface area contributed by atoms with Crippen LogP contribution in [0.15, 0.2) is 36.4 Å². The number of benzene rings is 2. The third-order valence-electron chi connectivity index (χ3n) is 3.38. The number of hydrogen-bond acceptors (Lipinski definition) is 5. The lowest BCUT2D eigenvalue weighted by Gasteiger charge is -2.13. The molecule has 2 aromatic rings. The van der Waals surface area contributed by atoms with Crippen molar-refractivity contribution < 1.29 is 19.0 Å². The second-order valence-electron chi connectivity index (χ2n) is 4.71. The number of anilines is 1. The van der Waals surface area contributed by atoms with Crippen LogP contribution in [0.5, 0.6) is 17.2 Å². The summed E-state index contributed by atoms with van der Waals surface area (Å²) in [5.74, 6) is 1.46. The van der Waals surface area contributed by atoms with Crippen LogP contribution in [-0.2, 0) is 6.42 Å². The molecule has 0 aliphatic rings. The molecule has 0 aromatic heterocycles. The van der Waals surface area contributed by atoms with Gasteiger partial charge in [0.2, 0.25) is 0 Å². The van der Waals surface area contributed by atoms with Gasteiger partial charge in [0, 0.05) is 6.42 Å². The largest absolute Gasteiger partial charge is 0.497 e. The van der Waals surface area contributed by atoms with Crippen molar-refractivity contribution in [1.82, 2.24) is 0 Å². The molecule has 0 spiro atoms. The van der Waals surface area contributed by atoms with Crippen molar-refractivity contribution in [2.45, 2.75) is 6.42 Å². The average molecular weight is 301 g/mol. The number of nitrogen functional groups attached to an aromatic ring is 1. The lowest BCUT2D eigenvalue weighted by Crippen LogP contribution is -2.10. The molecule has 2 aromatic carbocycles. The molecule has 2 rings (SSSR count). The molecule has 22 heavy (non-hydrogen) atoms. The smallest absolute Gasteiger partial charge is 0.173 e. The van der Waals surface area contributed by atoms with Gasteiger partial charge in [0.1, 0.15) is 17.2 Å². The van der Waals surface area contributed by atoms with E-state index >= 15 is 0 Å².